The Balaban J connectivity index is 1.95. The Morgan fingerprint density at radius 3 is 2.81 bits per heavy atom. The minimum absolute atomic E-state index is 0.0567. The van der Waals surface area contributed by atoms with Crippen molar-refractivity contribution in [2.75, 3.05) is 5.73 Å². The number of anilines is 1. The monoisotopic (exact) mass is 351 g/mol. The molecule has 130 valence electrons. The molecule has 0 amide bonds. The Hall–Kier alpha value is -3.82. The summed E-state index contributed by atoms with van der Waals surface area (Å²) in [6, 6.07) is 10.4. The summed E-state index contributed by atoms with van der Waals surface area (Å²) in [6.07, 6.45) is 0.190. The van der Waals surface area contributed by atoms with Gasteiger partial charge in [0.05, 0.1) is 11.2 Å². The van der Waals surface area contributed by atoms with Gasteiger partial charge in [0.1, 0.15) is 5.69 Å². The number of furan rings is 1. The summed E-state index contributed by atoms with van der Waals surface area (Å²) in [5.41, 5.74) is 7.91. The number of fused-ring (bicyclic) bond motifs is 1. The molecule has 0 radical (unpaired) electrons. The number of aryl methyl sites for hydroxylation is 1. The van der Waals surface area contributed by atoms with E-state index in [9.17, 15) is 10.1 Å². The van der Waals surface area contributed by atoms with Crippen LogP contribution >= 0.6 is 0 Å². The van der Waals surface area contributed by atoms with Crippen LogP contribution in [0.1, 0.15) is 17.3 Å². The van der Waals surface area contributed by atoms with Gasteiger partial charge in [-0.1, -0.05) is 22.9 Å². The molecule has 0 spiro atoms. The van der Waals surface area contributed by atoms with Gasteiger partial charge in [-0.25, -0.2) is 4.98 Å². The largest absolute Gasteiger partial charge is 0.463 e. The fourth-order valence-corrected chi connectivity index (χ4v) is 2.78. The first-order valence-electron chi connectivity index (χ1n) is 7.67. The Kier molecular flexibility index (Phi) is 3.57. The van der Waals surface area contributed by atoms with Crippen LogP contribution < -0.4 is 5.73 Å². The van der Waals surface area contributed by atoms with Crippen LogP contribution in [-0.4, -0.2) is 29.9 Å². The molecule has 10 nitrogen and oxygen atoms in total. The zero-order valence-corrected chi connectivity index (χ0v) is 13.6. The standard InChI is InChI=1S/C16H13N7O3/c1-9-4-2-5-10(8-9)15(23(24)25)22-14-13(20-21-22)12(18-16(17)19-14)11-6-3-7-26-11/h2-8,15H,1H3,(H2,17,18,19). The maximum Gasteiger partial charge on any atom is 0.334 e. The third-order valence-electron chi connectivity index (χ3n) is 3.87. The summed E-state index contributed by atoms with van der Waals surface area (Å²) in [4.78, 5) is 19.6. The molecule has 0 saturated heterocycles. The van der Waals surface area contributed by atoms with E-state index in [1.54, 1.807) is 30.3 Å². The van der Waals surface area contributed by atoms with Crippen LogP contribution in [0.15, 0.2) is 47.1 Å². The van der Waals surface area contributed by atoms with Crippen molar-refractivity contribution in [3.05, 3.63) is 63.9 Å². The zero-order chi connectivity index (χ0) is 18.3. The fraction of sp³-hybridized carbons (Fsp3) is 0.125. The van der Waals surface area contributed by atoms with Crippen molar-refractivity contribution in [3.63, 3.8) is 0 Å². The molecule has 1 atom stereocenters. The lowest BCUT2D eigenvalue weighted by Crippen LogP contribution is -2.21. The van der Waals surface area contributed by atoms with Crippen molar-refractivity contribution in [2.24, 2.45) is 0 Å². The third kappa shape index (κ3) is 2.53. The summed E-state index contributed by atoms with van der Waals surface area (Å²) < 4.78 is 6.48. The first kappa shape index (κ1) is 15.7. The van der Waals surface area contributed by atoms with Crippen molar-refractivity contribution in [2.45, 2.75) is 13.1 Å². The third-order valence-corrected chi connectivity index (χ3v) is 3.87. The molecule has 1 unspecified atom stereocenters. The van der Waals surface area contributed by atoms with Gasteiger partial charge in [0.2, 0.25) is 5.95 Å². The Bertz CT molecular complexity index is 1100. The van der Waals surface area contributed by atoms with Crippen LogP contribution in [0, 0.1) is 17.0 Å². The highest BCUT2D eigenvalue weighted by Gasteiger charge is 2.30. The molecule has 2 N–H and O–H groups in total. The van der Waals surface area contributed by atoms with E-state index in [0.717, 1.165) is 10.2 Å². The number of nitrogen functional groups attached to an aromatic ring is 1. The van der Waals surface area contributed by atoms with E-state index >= 15 is 0 Å². The molecule has 4 rings (SSSR count). The quantitative estimate of drug-likeness (QED) is 0.436. The fourth-order valence-electron chi connectivity index (χ4n) is 2.78. The number of hydrogen-bond acceptors (Lipinski definition) is 8. The smallest absolute Gasteiger partial charge is 0.334 e. The first-order valence-corrected chi connectivity index (χ1v) is 7.67. The van der Waals surface area contributed by atoms with E-state index in [-0.39, 0.29) is 17.1 Å². The van der Waals surface area contributed by atoms with Gasteiger partial charge >= 0.3 is 6.17 Å². The lowest BCUT2D eigenvalue weighted by Gasteiger charge is -2.10. The SMILES string of the molecule is Cc1cccc(C(n2nnc3c(-c4ccco4)nc(N)nc32)[N+](=O)[O-])c1. The molecule has 4 aromatic rings. The molecule has 0 aliphatic heterocycles. The molecule has 26 heavy (non-hydrogen) atoms. The average molecular weight is 351 g/mol. The summed E-state index contributed by atoms with van der Waals surface area (Å²) in [5, 5.41) is 19.8. The van der Waals surface area contributed by atoms with E-state index < -0.39 is 11.1 Å². The van der Waals surface area contributed by atoms with Gasteiger partial charge in [-0.2, -0.15) is 9.67 Å². The first-order chi connectivity index (χ1) is 12.5. The molecular weight excluding hydrogens is 338 g/mol. The summed E-state index contributed by atoms with van der Waals surface area (Å²) in [7, 11) is 0. The second-order valence-electron chi connectivity index (χ2n) is 5.69. The molecule has 0 bridgehead atoms. The van der Waals surface area contributed by atoms with Crippen LogP contribution in [0.25, 0.3) is 22.6 Å². The molecule has 1 aromatic carbocycles. The second-order valence-corrected chi connectivity index (χ2v) is 5.69. The molecule has 0 aliphatic carbocycles. The minimum atomic E-state index is -1.29. The predicted octanol–water partition coefficient (Wildman–Crippen LogP) is 2.20. The number of nitro groups is 1. The van der Waals surface area contributed by atoms with Crippen molar-refractivity contribution in [3.8, 4) is 11.5 Å². The molecule has 3 aromatic heterocycles. The van der Waals surface area contributed by atoms with Crippen molar-refractivity contribution < 1.29 is 9.34 Å². The van der Waals surface area contributed by atoms with Crippen LogP contribution in [0.3, 0.4) is 0 Å². The van der Waals surface area contributed by atoms with E-state index in [0.29, 0.717) is 17.0 Å². The normalized spacial score (nSPS) is 12.3. The number of hydrogen-bond donors (Lipinski definition) is 1. The Morgan fingerprint density at radius 1 is 1.27 bits per heavy atom. The number of nitrogens with zero attached hydrogens (tertiary/aromatic N) is 6. The van der Waals surface area contributed by atoms with Gasteiger partial charge in [0.25, 0.3) is 0 Å². The van der Waals surface area contributed by atoms with Gasteiger partial charge < -0.3 is 10.2 Å². The highest BCUT2D eigenvalue weighted by atomic mass is 16.6. The highest BCUT2D eigenvalue weighted by Crippen LogP contribution is 2.28. The highest BCUT2D eigenvalue weighted by molar-refractivity contribution is 5.86. The molecule has 0 fully saturated rings. The van der Waals surface area contributed by atoms with Gasteiger partial charge in [-0.05, 0) is 31.2 Å². The van der Waals surface area contributed by atoms with Crippen molar-refractivity contribution >= 4 is 17.1 Å². The van der Waals surface area contributed by atoms with Crippen LogP contribution in [0.5, 0.6) is 0 Å². The molecule has 10 heteroatoms. The molecule has 0 aliphatic rings. The molecule has 3 heterocycles. The zero-order valence-electron chi connectivity index (χ0n) is 13.6. The van der Waals surface area contributed by atoms with E-state index in [4.69, 9.17) is 10.2 Å². The second kappa shape index (κ2) is 5.92. The number of benzene rings is 1. The molecule has 0 saturated carbocycles. The van der Waals surface area contributed by atoms with Gasteiger partial charge in [0, 0.05) is 5.56 Å². The predicted molar refractivity (Wildman–Crippen MR) is 91.5 cm³/mol. The lowest BCUT2D eigenvalue weighted by molar-refractivity contribution is -0.537. The van der Waals surface area contributed by atoms with Gasteiger partial charge in [0.15, 0.2) is 16.9 Å². The van der Waals surface area contributed by atoms with Crippen molar-refractivity contribution in [1.29, 1.82) is 0 Å². The lowest BCUT2D eigenvalue weighted by atomic mass is 10.1. The van der Waals surface area contributed by atoms with E-state index in [1.165, 1.54) is 6.26 Å². The summed E-state index contributed by atoms with van der Waals surface area (Å²) >= 11 is 0. The molecular formula is C16H13N7O3. The van der Waals surface area contributed by atoms with Gasteiger partial charge in [-0.15, -0.1) is 5.10 Å². The van der Waals surface area contributed by atoms with Crippen molar-refractivity contribution in [1.82, 2.24) is 25.0 Å². The van der Waals surface area contributed by atoms with Crippen LogP contribution in [-0.2, 0) is 0 Å². The van der Waals surface area contributed by atoms with Crippen LogP contribution in [0.2, 0.25) is 0 Å². The van der Waals surface area contributed by atoms with E-state index in [2.05, 4.69) is 20.3 Å². The summed E-state index contributed by atoms with van der Waals surface area (Å²) in [6.45, 7) is 1.86. The summed E-state index contributed by atoms with van der Waals surface area (Å²) in [5.74, 6) is 0.364. The number of aromatic nitrogens is 5. The maximum absolute atomic E-state index is 11.8. The minimum Gasteiger partial charge on any atom is -0.463 e. The topological polar surface area (TPSA) is 139 Å². The maximum atomic E-state index is 11.8. The van der Waals surface area contributed by atoms with Gasteiger partial charge in [-0.3, -0.25) is 10.1 Å². The Labute approximate surface area is 146 Å². The Morgan fingerprint density at radius 2 is 2.12 bits per heavy atom. The number of nitrogens with two attached hydrogens (primary N) is 1. The average Bonchev–Trinajstić information content (AvgIpc) is 3.25. The van der Waals surface area contributed by atoms with E-state index in [1.807, 2.05) is 13.0 Å². The number of rotatable bonds is 4. The van der Waals surface area contributed by atoms with Crippen LogP contribution in [0.4, 0.5) is 5.95 Å².